The molecule has 1 aromatic heterocycles. The van der Waals surface area contributed by atoms with E-state index in [9.17, 15) is 4.79 Å². The molecule has 0 aliphatic carbocycles. The van der Waals surface area contributed by atoms with Crippen LogP contribution in [0.5, 0.6) is 0 Å². The Morgan fingerprint density at radius 1 is 1.36 bits per heavy atom. The largest absolute Gasteiger partial charge is 0.444 e. The fourth-order valence-electron chi connectivity index (χ4n) is 2.96. The van der Waals surface area contributed by atoms with Gasteiger partial charge in [0.2, 0.25) is 0 Å². The number of nitrogens with zero attached hydrogens (tertiary/aromatic N) is 2. The molecule has 0 unspecified atom stereocenters. The number of carbonyl (C=O) groups excluding carboxylic acids is 1. The topological polar surface area (TPSA) is 51.7 Å². The predicted molar refractivity (Wildman–Crippen MR) is 98.7 cm³/mol. The smallest absolute Gasteiger partial charge is 0.410 e. The van der Waals surface area contributed by atoms with Crippen molar-refractivity contribution in [1.82, 2.24) is 9.88 Å². The van der Waals surface area contributed by atoms with Crippen LogP contribution in [0.25, 0.3) is 0 Å². The van der Waals surface area contributed by atoms with Crippen molar-refractivity contribution in [3.63, 3.8) is 0 Å². The summed E-state index contributed by atoms with van der Waals surface area (Å²) in [5.74, 6) is 0. The average molecular weight is 369 g/mol. The van der Waals surface area contributed by atoms with Crippen molar-refractivity contribution >= 4 is 17.7 Å². The Bertz CT molecular complexity index is 543. The molecule has 0 spiro atoms. The number of rotatable bonds is 6. The molecule has 1 aliphatic heterocycles. The van der Waals surface area contributed by atoms with E-state index in [1.807, 2.05) is 31.7 Å². The summed E-state index contributed by atoms with van der Waals surface area (Å²) >= 11 is 5.77. The number of carbonyl (C=O) groups is 1. The van der Waals surface area contributed by atoms with Gasteiger partial charge in [-0.1, -0.05) is 17.7 Å². The van der Waals surface area contributed by atoms with Gasteiger partial charge in [0.1, 0.15) is 10.8 Å². The Balaban J connectivity index is 1.72. The number of likely N-dealkylation sites (tertiary alicyclic amines) is 1. The molecule has 2 rings (SSSR count). The number of ether oxygens (including phenoxy) is 2. The Hall–Kier alpha value is -1.33. The third-order valence-electron chi connectivity index (χ3n) is 4.14. The number of pyridine rings is 1. The van der Waals surface area contributed by atoms with Crippen molar-refractivity contribution < 1.29 is 14.3 Å². The first-order chi connectivity index (χ1) is 11.8. The van der Waals surface area contributed by atoms with Crippen molar-refractivity contribution in [2.45, 2.75) is 71.1 Å². The first-order valence-electron chi connectivity index (χ1n) is 9.03. The minimum Gasteiger partial charge on any atom is -0.444 e. The monoisotopic (exact) mass is 368 g/mol. The lowest BCUT2D eigenvalue weighted by Gasteiger charge is -2.36. The van der Waals surface area contributed by atoms with Crippen LogP contribution in [0.4, 0.5) is 4.79 Å². The van der Waals surface area contributed by atoms with Gasteiger partial charge in [-0.25, -0.2) is 9.78 Å². The van der Waals surface area contributed by atoms with Crippen LogP contribution in [0.2, 0.25) is 5.15 Å². The number of piperidine rings is 1. The van der Waals surface area contributed by atoms with Gasteiger partial charge in [-0.2, -0.15) is 0 Å². The minimum absolute atomic E-state index is 0.189. The minimum atomic E-state index is -0.450. The van der Waals surface area contributed by atoms with Crippen molar-refractivity contribution in [3.05, 3.63) is 29.0 Å². The van der Waals surface area contributed by atoms with E-state index >= 15 is 0 Å². The van der Waals surface area contributed by atoms with E-state index in [4.69, 9.17) is 21.1 Å². The van der Waals surface area contributed by atoms with Crippen LogP contribution < -0.4 is 0 Å². The Morgan fingerprint density at radius 2 is 2.16 bits per heavy atom. The third kappa shape index (κ3) is 7.20. The summed E-state index contributed by atoms with van der Waals surface area (Å²) in [4.78, 5) is 18.3. The van der Waals surface area contributed by atoms with Gasteiger partial charge in [0.25, 0.3) is 0 Å². The molecule has 5 nitrogen and oxygen atoms in total. The van der Waals surface area contributed by atoms with Crippen molar-refractivity contribution in [2.75, 3.05) is 13.2 Å². The summed E-state index contributed by atoms with van der Waals surface area (Å²) in [5.41, 5.74) is 0.562. The van der Waals surface area contributed by atoms with E-state index in [2.05, 4.69) is 4.98 Å². The molecule has 0 N–H and O–H groups in total. The Labute approximate surface area is 155 Å². The molecule has 0 aromatic carbocycles. The standard InChI is InChI=1S/C19H29ClN2O3/c1-19(2,3)25-18(23)22-11-5-4-7-16(22)8-6-12-24-14-15-9-10-17(20)21-13-15/h9-10,13,16H,4-8,11-12,14H2,1-3H3/t16-/m0/s1. The fourth-order valence-corrected chi connectivity index (χ4v) is 3.08. The highest BCUT2D eigenvalue weighted by atomic mass is 35.5. The number of halogens is 1. The van der Waals surface area contributed by atoms with E-state index in [1.54, 1.807) is 12.3 Å². The van der Waals surface area contributed by atoms with Gasteiger partial charge in [-0.3, -0.25) is 0 Å². The second-order valence-electron chi connectivity index (χ2n) is 7.51. The van der Waals surface area contributed by atoms with Crippen LogP contribution in [0, 0.1) is 0 Å². The van der Waals surface area contributed by atoms with E-state index in [1.165, 1.54) is 6.42 Å². The molecular formula is C19H29ClN2O3. The van der Waals surface area contributed by atoms with Crippen molar-refractivity contribution in [3.8, 4) is 0 Å². The Kier molecular flexibility index (Phi) is 7.51. The molecule has 25 heavy (non-hydrogen) atoms. The van der Waals surface area contributed by atoms with Gasteiger partial charge in [0.15, 0.2) is 0 Å². The lowest BCUT2D eigenvalue weighted by molar-refractivity contribution is 0.00726. The lowest BCUT2D eigenvalue weighted by Crippen LogP contribution is -2.46. The van der Waals surface area contributed by atoms with E-state index in [-0.39, 0.29) is 12.1 Å². The molecule has 0 saturated carbocycles. The molecule has 1 saturated heterocycles. The first-order valence-corrected chi connectivity index (χ1v) is 9.41. The van der Waals surface area contributed by atoms with Crippen molar-refractivity contribution in [1.29, 1.82) is 0 Å². The zero-order valence-electron chi connectivity index (χ0n) is 15.5. The van der Waals surface area contributed by atoms with Gasteiger partial charge in [-0.05, 0) is 64.5 Å². The third-order valence-corrected chi connectivity index (χ3v) is 4.36. The molecule has 0 bridgehead atoms. The maximum Gasteiger partial charge on any atom is 0.410 e. The molecule has 1 amide bonds. The number of amides is 1. The van der Waals surface area contributed by atoms with Gasteiger partial charge in [0, 0.05) is 25.4 Å². The van der Waals surface area contributed by atoms with Crippen LogP contribution >= 0.6 is 11.6 Å². The first kappa shape index (κ1) is 20.0. The average Bonchev–Trinajstić information content (AvgIpc) is 2.55. The summed E-state index contributed by atoms with van der Waals surface area (Å²) in [7, 11) is 0. The zero-order chi connectivity index (χ0) is 18.3. The number of hydrogen-bond acceptors (Lipinski definition) is 4. The zero-order valence-corrected chi connectivity index (χ0v) is 16.2. The van der Waals surface area contributed by atoms with Gasteiger partial charge >= 0.3 is 6.09 Å². The fraction of sp³-hybridized carbons (Fsp3) is 0.684. The maximum absolute atomic E-state index is 12.4. The molecule has 140 valence electrons. The summed E-state index contributed by atoms with van der Waals surface area (Å²) in [6, 6.07) is 3.94. The van der Waals surface area contributed by atoms with Gasteiger partial charge in [-0.15, -0.1) is 0 Å². The number of hydrogen-bond donors (Lipinski definition) is 0. The van der Waals surface area contributed by atoms with Crippen LogP contribution in [0.1, 0.15) is 58.4 Å². The van der Waals surface area contributed by atoms with Gasteiger partial charge in [0.05, 0.1) is 6.61 Å². The number of aromatic nitrogens is 1. The van der Waals surface area contributed by atoms with E-state index in [0.29, 0.717) is 18.4 Å². The quantitative estimate of drug-likeness (QED) is 0.533. The summed E-state index contributed by atoms with van der Waals surface area (Å²) in [6.45, 7) is 7.71. The highest BCUT2D eigenvalue weighted by Crippen LogP contribution is 2.23. The summed E-state index contributed by atoms with van der Waals surface area (Å²) < 4.78 is 11.2. The second kappa shape index (κ2) is 9.39. The van der Waals surface area contributed by atoms with Crippen LogP contribution in [-0.2, 0) is 16.1 Å². The van der Waals surface area contributed by atoms with Crippen LogP contribution in [-0.4, -0.2) is 40.8 Å². The summed E-state index contributed by atoms with van der Waals surface area (Å²) in [6.07, 6.45) is 6.67. The van der Waals surface area contributed by atoms with Crippen molar-refractivity contribution in [2.24, 2.45) is 0 Å². The highest BCUT2D eigenvalue weighted by Gasteiger charge is 2.29. The second-order valence-corrected chi connectivity index (χ2v) is 7.89. The van der Waals surface area contributed by atoms with E-state index in [0.717, 1.165) is 37.8 Å². The molecule has 0 radical (unpaired) electrons. The normalized spacial score (nSPS) is 18.2. The highest BCUT2D eigenvalue weighted by molar-refractivity contribution is 6.29. The molecular weight excluding hydrogens is 340 g/mol. The summed E-state index contributed by atoms with van der Waals surface area (Å²) in [5, 5.41) is 0.489. The molecule has 1 fully saturated rings. The molecule has 2 heterocycles. The predicted octanol–water partition coefficient (Wildman–Crippen LogP) is 4.82. The van der Waals surface area contributed by atoms with Crippen LogP contribution in [0.3, 0.4) is 0 Å². The molecule has 1 atom stereocenters. The van der Waals surface area contributed by atoms with Crippen LogP contribution in [0.15, 0.2) is 18.3 Å². The molecule has 1 aromatic rings. The SMILES string of the molecule is CC(C)(C)OC(=O)N1CCCC[C@H]1CCCOCc1ccc(Cl)nc1. The molecule has 6 heteroatoms. The Morgan fingerprint density at radius 3 is 2.84 bits per heavy atom. The lowest BCUT2D eigenvalue weighted by atomic mass is 9.98. The maximum atomic E-state index is 12.4. The van der Waals surface area contributed by atoms with Gasteiger partial charge < -0.3 is 14.4 Å². The molecule has 1 aliphatic rings. The van der Waals surface area contributed by atoms with E-state index < -0.39 is 5.60 Å².